The highest BCUT2D eigenvalue weighted by Gasteiger charge is 2.47. The monoisotopic (exact) mass is 391 g/mol. The summed E-state index contributed by atoms with van der Waals surface area (Å²) in [5, 5.41) is 2.23. The van der Waals surface area contributed by atoms with Crippen LogP contribution in [0.4, 0.5) is 32.0 Å². The molecule has 0 saturated heterocycles. The van der Waals surface area contributed by atoms with Crippen molar-refractivity contribution in [2.24, 2.45) is 0 Å². The number of alkyl halides is 6. The molecule has 0 unspecified atom stereocenters. The lowest BCUT2D eigenvalue weighted by atomic mass is 10.00. The molecule has 144 valence electrons. The largest absolute Gasteiger partial charge is 0.425 e. The second kappa shape index (κ2) is 7.29. The Labute approximate surface area is 148 Å². The van der Waals surface area contributed by atoms with Crippen molar-refractivity contribution in [3.63, 3.8) is 0 Å². The zero-order valence-electron chi connectivity index (χ0n) is 13.5. The van der Waals surface area contributed by atoms with Gasteiger partial charge in [-0.15, -0.1) is 0 Å². The third kappa shape index (κ3) is 4.78. The van der Waals surface area contributed by atoms with E-state index in [4.69, 9.17) is 0 Å². The number of amides is 1. The lowest BCUT2D eigenvalue weighted by Gasteiger charge is -2.20. The maximum Gasteiger partial charge on any atom is 0.420 e. The van der Waals surface area contributed by atoms with Gasteiger partial charge in [-0.3, -0.25) is 9.59 Å². The molecule has 10 heteroatoms. The first-order valence-electron chi connectivity index (χ1n) is 7.27. The molecule has 2 rings (SSSR count). The van der Waals surface area contributed by atoms with Crippen molar-refractivity contribution in [2.45, 2.75) is 19.3 Å². The first-order chi connectivity index (χ1) is 12.4. The van der Waals surface area contributed by atoms with E-state index in [9.17, 15) is 35.9 Å². The van der Waals surface area contributed by atoms with E-state index in [1.54, 1.807) is 6.07 Å². The van der Waals surface area contributed by atoms with Crippen molar-refractivity contribution in [1.82, 2.24) is 0 Å². The van der Waals surface area contributed by atoms with Crippen LogP contribution in [0.3, 0.4) is 0 Å². The molecule has 0 spiro atoms. The number of para-hydroxylation sites is 1. The standard InChI is InChI=1S/C17H11F6NO3/c1-9(25)27-14-11(15(26)24-10-5-3-2-4-6-10)7-8-12(16(18,19)20)13(14)17(21,22)23/h2-8H,1H3,(H,24,26). The van der Waals surface area contributed by atoms with Crippen LogP contribution in [-0.4, -0.2) is 11.9 Å². The Morgan fingerprint density at radius 1 is 0.889 bits per heavy atom. The van der Waals surface area contributed by atoms with Crippen molar-refractivity contribution >= 4 is 17.6 Å². The summed E-state index contributed by atoms with van der Waals surface area (Å²) in [5.74, 6) is -3.98. The number of ether oxygens (including phenoxy) is 1. The van der Waals surface area contributed by atoms with Crippen LogP contribution in [-0.2, 0) is 17.1 Å². The summed E-state index contributed by atoms with van der Waals surface area (Å²) in [4.78, 5) is 23.5. The molecule has 0 atom stereocenters. The lowest BCUT2D eigenvalue weighted by molar-refractivity contribution is -0.163. The molecule has 27 heavy (non-hydrogen) atoms. The van der Waals surface area contributed by atoms with E-state index >= 15 is 0 Å². The molecule has 0 aliphatic rings. The molecule has 0 saturated carbocycles. The van der Waals surface area contributed by atoms with Gasteiger partial charge in [0, 0.05) is 12.6 Å². The molecule has 0 bridgehead atoms. The molecular weight excluding hydrogens is 380 g/mol. The Hall–Kier alpha value is -3.04. The number of anilines is 1. The van der Waals surface area contributed by atoms with Crippen molar-refractivity contribution < 1.29 is 40.7 Å². The van der Waals surface area contributed by atoms with Crippen molar-refractivity contribution in [3.8, 4) is 5.75 Å². The number of halogens is 6. The Kier molecular flexibility index (Phi) is 5.48. The fourth-order valence-electron chi connectivity index (χ4n) is 2.25. The summed E-state index contributed by atoms with van der Waals surface area (Å²) in [7, 11) is 0. The average Bonchev–Trinajstić information content (AvgIpc) is 2.52. The zero-order valence-corrected chi connectivity index (χ0v) is 13.5. The number of carbonyl (C=O) groups is 2. The minimum atomic E-state index is -5.53. The van der Waals surface area contributed by atoms with Crippen LogP contribution >= 0.6 is 0 Å². The topological polar surface area (TPSA) is 55.4 Å². The van der Waals surface area contributed by atoms with E-state index in [0.717, 1.165) is 0 Å². The van der Waals surface area contributed by atoms with Crippen LogP contribution in [0, 0.1) is 0 Å². The predicted molar refractivity (Wildman–Crippen MR) is 82.2 cm³/mol. The van der Waals surface area contributed by atoms with Crippen LogP contribution in [0.25, 0.3) is 0 Å². The summed E-state index contributed by atoms with van der Waals surface area (Å²) in [6.07, 6.45) is -10.9. The number of carbonyl (C=O) groups excluding carboxylic acids is 2. The van der Waals surface area contributed by atoms with E-state index in [-0.39, 0.29) is 11.8 Å². The molecule has 1 amide bonds. The minimum absolute atomic E-state index is 0.121. The molecule has 0 aromatic heterocycles. The number of benzene rings is 2. The quantitative estimate of drug-likeness (QED) is 0.460. The highest BCUT2D eigenvalue weighted by molar-refractivity contribution is 6.07. The van der Waals surface area contributed by atoms with Crippen molar-refractivity contribution in [3.05, 3.63) is 59.2 Å². The van der Waals surface area contributed by atoms with Crippen molar-refractivity contribution in [2.75, 3.05) is 5.32 Å². The fourth-order valence-corrected chi connectivity index (χ4v) is 2.25. The Morgan fingerprint density at radius 3 is 1.96 bits per heavy atom. The third-order valence-corrected chi connectivity index (χ3v) is 3.27. The highest BCUT2D eigenvalue weighted by Crippen LogP contribution is 2.46. The molecular formula is C17H11F6NO3. The molecule has 2 aromatic carbocycles. The SMILES string of the molecule is CC(=O)Oc1c(C(=O)Nc2ccccc2)ccc(C(F)(F)F)c1C(F)(F)F. The molecule has 0 heterocycles. The van der Waals surface area contributed by atoms with Crippen LogP contribution < -0.4 is 10.1 Å². The predicted octanol–water partition coefficient (Wildman–Crippen LogP) is 4.90. The first-order valence-corrected chi connectivity index (χ1v) is 7.27. The van der Waals surface area contributed by atoms with E-state index < -0.39 is 46.7 Å². The maximum absolute atomic E-state index is 13.3. The third-order valence-electron chi connectivity index (χ3n) is 3.27. The second-order valence-electron chi connectivity index (χ2n) is 5.27. The average molecular weight is 391 g/mol. The van der Waals surface area contributed by atoms with Crippen LogP contribution in [0.2, 0.25) is 0 Å². The van der Waals surface area contributed by atoms with Gasteiger partial charge < -0.3 is 10.1 Å². The molecule has 0 radical (unpaired) electrons. The minimum Gasteiger partial charge on any atom is -0.425 e. The van der Waals surface area contributed by atoms with E-state index in [0.29, 0.717) is 13.0 Å². The van der Waals surface area contributed by atoms with Crippen molar-refractivity contribution in [1.29, 1.82) is 0 Å². The van der Waals surface area contributed by atoms with Gasteiger partial charge in [0.2, 0.25) is 0 Å². The van der Waals surface area contributed by atoms with Gasteiger partial charge >= 0.3 is 18.3 Å². The summed E-state index contributed by atoms with van der Waals surface area (Å²) in [6.45, 7) is 0.708. The van der Waals surface area contributed by atoms with Crippen LogP contribution in [0.5, 0.6) is 5.75 Å². The van der Waals surface area contributed by atoms with Gasteiger partial charge in [0.25, 0.3) is 5.91 Å². The Balaban J connectivity index is 2.67. The first kappa shape index (κ1) is 20.3. The molecule has 4 nitrogen and oxygen atoms in total. The van der Waals surface area contributed by atoms with Gasteiger partial charge in [-0.1, -0.05) is 18.2 Å². The fraction of sp³-hybridized carbons (Fsp3) is 0.176. The van der Waals surface area contributed by atoms with Gasteiger partial charge in [-0.2, -0.15) is 26.3 Å². The van der Waals surface area contributed by atoms with E-state index in [1.807, 2.05) is 0 Å². The summed E-state index contributed by atoms with van der Waals surface area (Å²) in [5.41, 5.74) is -4.99. The number of hydrogen-bond acceptors (Lipinski definition) is 3. The molecule has 0 aliphatic heterocycles. The van der Waals surface area contributed by atoms with Gasteiger partial charge in [0.05, 0.1) is 11.1 Å². The number of esters is 1. The number of hydrogen-bond donors (Lipinski definition) is 1. The van der Waals surface area contributed by atoms with Gasteiger partial charge in [-0.05, 0) is 24.3 Å². The Morgan fingerprint density at radius 2 is 1.48 bits per heavy atom. The Bertz CT molecular complexity index is 859. The van der Waals surface area contributed by atoms with E-state index in [1.165, 1.54) is 24.3 Å². The van der Waals surface area contributed by atoms with Gasteiger partial charge in [0.15, 0.2) is 5.75 Å². The van der Waals surface area contributed by atoms with E-state index in [2.05, 4.69) is 10.1 Å². The summed E-state index contributed by atoms with van der Waals surface area (Å²) < 4.78 is 83.5. The van der Waals surface area contributed by atoms with Crippen LogP contribution in [0.15, 0.2) is 42.5 Å². The van der Waals surface area contributed by atoms with Crippen LogP contribution in [0.1, 0.15) is 28.4 Å². The molecule has 0 fully saturated rings. The molecule has 0 aliphatic carbocycles. The summed E-state index contributed by atoms with van der Waals surface area (Å²) >= 11 is 0. The number of rotatable bonds is 3. The maximum atomic E-state index is 13.3. The zero-order chi connectivity index (χ0) is 20.4. The number of nitrogens with one attached hydrogen (secondary N) is 1. The highest BCUT2D eigenvalue weighted by atomic mass is 19.4. The molecule has 2 aromatic rings. The smallest absolute Gasteiger partial charge is 0.420 e. The normalized spacial score (nSPS) is 11.8. The van der Waals surface area contributed by atoms with Gasteiger partial charge in [0.1, 0.15) is 5.56 Å². The molecule has 1 N–H and O–H groups in total. The van der Waals surface area contributed by atoms with Gasteiger partial charge in [-0.25, -0.2) is 0 Å². The second-order valence-corrected chi connectivity index (χ2v) is 5.27. The lowest BCUT2D eigenvalue weighted by Crippen LogP contribution is -2.23. The summed E-state index contributed by atoms with van der Waals surface area (Å²) in [6, 6.07) is 8.13.